The van der Waals surface area contributed by atoms with Crippen LogP contribution >= 0.6 is 0 Å². The number of aliphatic carboxylic acids is 1. The minimum Gasteiger partial charge on any atom is -0.505 e. The number of halogens is 1. The summed E-state index contributed by atoms with van der Waals surface area (Å²) in [7, 11) is 0. The van der Waals surface area contributed by atoms with E-state index in [4.69, 9.17) is 10.2 Å². The van der Waals surface area contributed by atoms with Crippen LogP contribution < -0.4 is 0 Å². The lowest BCUT2D eigenvalue weighted by Crippen LogP contribution is -2.02. The van der Waals surface area contributed by atoms with Crippen LogP contribution in [0.4, 0.5) is 4.39 Å². The van der Waals surface area contributed by atoms with Crippen molar-refractivity contribution in [1.82, 2.24) is 0 Å². The summed E-state index contributed by atoms with van der Waals surface area (Å²) < 4.78 is 13.0. The first-order chi connectivity index (χ1) is 6.00. The van der Waals surface area contributed by atoms with Crippen LogP contribution in [0, 0.1) is 12.7 Å². The number of carbonyl (C=O) groups is 1. The number of phenols is 1. The fourth-order valence-electron chi connectivity index (χ4n) is 1.11. The number of rotatable bonds is 2. The molecule has 70 valence electrons. The van der Waals surface area contributed by atoms with E-state index in [1.807, 2.05) is 0 Å². The second kappa shape index (κ2) is 3.43. The van der Waals surface area contributed by atoms with Gasteiger partial charge in [-0.25, -0.2) is 4.39 Å². The Morgan fingerprint density at radius 1 is 1.54 bits per heavy atom. The van der Waals surface area contributed by atoms with E-state index in [1.165, 1.54) is 12.1 Å². The van der Waals surface area contributed by atoms with E-state index in [0.717, 1.165) is 0 Å². The van der Waals surface area contributed by atoms with Crippen LogP contribution in [0.25, 0.3) is 0 Å². The largest absolute Gasteiger partial charge is 0.505 e. The van der Waals surface area contributed by atoms with Gasteiger partial charge in [0.2, 0.25) is 0 Å². The predicted octanol–water partition coefficient (Wildman–Crippen LogP) is 1.47. The highest BCUT2D eigenvalue weighted by Crippen LogP contribution is 2.21. The first kappa shape index (κ1) is 9.51. The van der Waals surface area contributed by atoms with Crippen LogP contribution in [0.1, 0.15) is 11.1 Å². The van der Waals surface area contributed by atoms with Gasteiger partial charge in [-0.15, -0.1) is 0 Å². The van der Waals surface area contributed by atoms with Crippen molar-refractivity contribution >= 4 is 5.97 Å². The van der Waals surface area contributed by atoms with Gasteiger partial charge in [0.15, 0.2) is 11.6 Å². The Kier molecular flexibility index (Phi) is 2.51. The molecule has 0 radical (unpaired) electrons. The normalized spacial score (nSPS) is 10.0. The van der Waals surface area contributed by atoms with Gasteiger partial charge in [0.1, 0.15) is 0 Å². The van der Waals surface area contributed by atoms with Gasteiger partial charge >= 0.3 is 5.97 Å². The molecule has 0 heterocycles. The third-order valence-corrected chi connectivity index (χ3v) is 1.61. The Balaban J connectivity index is 3.12. The quantitative estimate of drug-likeness (QED) is 0.731. The maximum absolute atomic E-state index is 13.0. The number of aryl methyl sites for hydroxylation is 1. The van der Waals surface area contributed by atoms with Crippen LogP contribution in [-0.2, 0) is 11.2 Å². The molecule has 0 bridgehead atoms. The molecule has 1 aromatic rings. The molecule has 3 nitrogen and oxygen atoms in total. The first-order valence-corrected chi connectivity index (χ1v) is 3.70. The lowest BCUT2D eigenvalue weighted by atomic mass is 10.1. The number of hydrogen-bond donors (Lipinski definition) is 2. The fraction of sp³-hybridized carbons (Fsp3) is 0.222. The molecule has 0 aliphatic rings. The summed E-state index contributed by atoms with van der Waals surface area (Å²) in [6.07, 6.45) is -0.416. The summed E-state index contributed by atoms with van der Waals surface area (Å²) in [5.41, 5.74) is 0.639. The van der Waals surface area contributed by atoms with Gasteiger partial charge in [-0.1, -0.05) is 6.07 Å². The SMILES string of the molecule is Cc1cc(O)c(F)c(CC(=O)O)c1. The number of hydrogen-bond acceptors (Lipinski definition) is 2. The van der Waals surface area contributed by atoms with E-state index >= 15 is 0 Å². The monoisotopic (exact) mass is 184 g/mol. The molecular formula is C9H9FO3. The minimum atomic E-state index is -1.12. The Hall–Kier alpha value is -1.58. The van der Waals surface area contributed by atoms with Crippen LogP contribution in [0.5, 0.6) is 5.75 Å². The third kappa shape index (κ3) is 2.18. The lowest BCUT2D eigenvalue weighted by molar-refractivity contribution is -0.136. The molecule has 0 aromatic heterocycles. The zero-order valence-corrected chi connectivity index (χ0v) is 7.04. The highest BCUT2D eigenvalue weighted by atomic mass is 19.1. The Morgan fingerprint density at radius 3 is 2.69 bits per heavy atom. The second-order valence-electron chi connectivity index (χ2n) is 2.83. The molecule has 1 rings (SSSR count). The molecule has 1 aromatic carbocycles. The Bertz CT molecular complexity index is 347. The Labute approximate surface area is 74.4 Å². The van der Waals surface area contributed by atoms with Gasteiger partial charge < -0.3 is 10.2 Å². The van der Waals surface area contributed by atoms with Gasteiger partial charge in [0.25, 0.3) is 0 Å². The minimum absolute atomic E-state index is 0.00463. The van der Waals surface area contributed by atoms with Crippen LogP contribution in [-0.4, -0.2) is 16.2 Å². The molecule has 2 N–H and O–H groups in total. The standard InChI is InChI=1S/C9H9FO3/c1-5-2-6(4-8(12)13)9(10)7(11)3-5/h2-3,11H,4H2,1H3,(H,12,13). The second-order valence-corrected chi connectivity index (χ2v) is 2.83. The zero-order valence-electron chi connectivity index (χ0n) is 7.04. The molecule has 0 saturated carbocycles. The molecule has 13 heavy (non-hydrogen) atoms. The molecule has 0 atom stereocenters. The van der Waals surface area contributed by atoms with E-state index < -0.39 is 24.0 Å². The topological polar surface area (TPSA) is 57.5 Å². The summed E-state index contributed by atoms with van der Waals surface area (Å²) in [6, 6.07) is 2.66. The van der Waals surface area contributed by atoms with Gasteiger partial charge in [-0.05, 0) is 18.6 Å². The number of carboxylic acid groups (broad SMARTS) is 1. The molecule has 0 spiro atoms. The lowest BCUT2D eigenvalue weighted by Gasteiger charge is -2.03. The van der Waals surface area contributed by atoms with E-state index in [1.54, 1.807) is 6.92 Å². The van der Waals surface area contributed by atoms with Crippen molar-refractivity contribution in [3.8, 4) is 5.75 Å². The molecule has 0 amide bonds. The molecule has 0 saturated heterocycles. The van der Waals surface area contributed by atoms with Gasteiger partial charge in [0, 0.05) is 5.56 Å². The van der Waals surface area contributed by atoms with Crippen LogP contribution in [0.2, 0.25) is 0 Å². The fourth-order valence-corrected chi connectivity index (χ4v) is 1.11. The number of phenolic OH excluding ortho intramolecular Hbond substituents is 1. The Morgan fingerprint density at radius 2 is 2.15 bits per heavy atom. The first-order valence-electron chi connectivity index (χ1n) is 3.70. The summed E-state index contributed by atoms with van der Waals surface area (Å²) in [6.45, 7) is 1.66. The number of carboxylic acids is 1. The zero-order chi connectivity index (χ0) is 10.0. The van der Waals surface area contributed by atoms with Crippen molar-refractivity contribution < 1.29 is 19.4 Å². The van der Waals surface area contributed by atoms with E-state index in [0.29, 0.717) is 5.56 Å². The molecule has 0 fully saturated rings. The van der Waals surface area contributed by atoms with E-state index in [-0.39, 0.29) is 5.56 Å². The van der Waals surface area contributed by atoms with Crippen LogP contribution in [0.3, 0.4) is 0 Å². The van der Waals surface area contributed by atoms with Crippen molar-refractivity contribution in [1.29, 1.82) is 0 Å². The van der Waals surface area contributed by atoms with Gasteiger partial charge in [-0.2, -0.15) is 0 Å². The average molecular weight is 184 g/mol. The van der Waals surface area contributed by atoms with Crippen LogP contribution in [0.15, 0.2) is 12.1 Å². The molecule has 0 aliphatic heterocycles. The smallest absolute Gasteiger partial charge is 0.307 e. The molecular weight excluding hydrogens is 175 g/mol. The van der Waals surface area contributed by atoms with Gasteiger partial charge in [0.05, 0.1) is 6.42 Å². The average Bonchev–Trinajstić information content (AvgIpc) is 1.98. The molecule has 0 unspecified atom stereocenters. The van der Waals surface area contributed by atoms with E-state index in [9.17, 15) is 9.18 Å². The number of aromatic hydroxyl groups is 1. The van der Waals surface area contributed by atoms with Gasteiger partial charge in [-0.3, -0.25) is 4.79 Å². The summed E-state index contributed by atoms with van der Waals surface area (Å²) in [4.78, 5) is 10.3. The van der Waals surface area contributed by atoms with Crippen molar-refractivity contribution in [3.05, 3.63) is 29.1 Å². The van der Waals surface area contributed by atoms with Crippen molar-refractivity contribution in [2.75, 3.05) is 0 Å². The maximum atomic E-state index is 13.0. The summed E-state index contributed by atoms with van der Waals surface area (Å²) in [5.74, 6) is -2.48. The predicted molar refractivity (Wildman–Crippen MR) is 44.1 cm³/mol. The van der Waals surface area contributed by atoms with Crippen molar-refractivity contribution in [2.24, 2.45) is 0 Å². The summed E-state index contributed by atoms with van der Waals surface area (Å²) in [5, 5.41) is 17.5. The highest BCUT2D eigenvalue weighted by Gasteiger charge is 2.11. The van der Waals surface area contributed by atoms with Crippen molar-refractivity contribution in [3.63, 3.8) is 0 Å². The highest BCUT2D eigenvalue weighted by molar-refractivity contribution is 5.70. The van der Waals surface area contributed by atoms with E-state index in [2.05, 4.69) is 0 Å². The summed E-state index contributed by atoms with van der Waals surface area (Å²) >= 11 is 0. The molecule has 4 heteroatoms. The maximum Gasteiger partial charge on any atom is 0.307 e. The number of benzene rings is 1. The van der Waals surface area contributed by atoms with Crippen molar-refractivity contribution in [2.45, 2.75) is 13.3 Å². The molecule has 0 aliphatic carbocycles. The third-order valence-electron chi connectivity index (χ3n) is 1.61.